The summed E-state index contributed by atoms with van der Waals surface area (Å²) in [6.45, 7) is 0.785. The number of nitrogens with zero attached hydrogens (tertiary/aromatic N) is 2. The number of rotatable bonds is 3. The summed E-state index contributed by atoms with van der Waals surface area (Å²) in [7, 11) is -3.65. The van der Waals surface area contributed by atoms with Crippen molar-refractivity contribution in [3.8, 4) is 0 Å². The number of anilines is 1. The van der Waals surface area contributed by atoms with Gasteiger partial charge in [0.15, 0.2) is 5.03 Å². The normalized spacial score (nSPS) is 21.9. The Bertz CT molecular complexity index is 518. The van der Waals surface area contributed by atoms with E-state index in [1.54, 1.807) is 6.07 Å². The van der Waals surface area contributed by atoms with Crippen molar-refractivity contribution in [2.45, 2.75) is 17.9 Å². The molecule has 1 unspecified atom stereocenters. The van der Waals surface area contributed by atoms with Gasteiger partial charge in [-0.2, -0.15) is 4.31 Å². The molecule has 18 heavy (non-hydrogen) atoms. The van der Waals surface area contributed by atoms with E-state index in [1.807, 2.05) is 0 Å². The van der Waals surface area contributed by atoms with Crippen molar-refractivity contribution < 1.29 is 13.5 Å². The zero-order chi connectivity index (χ0) is 13.2. The highest BCUT2D eigenvalue weighted by Gasteiger charge is 2.32. The van der Waals surface area contributed by atoms with Gasteiger partial charge in [-0.3, -0.25) is 0 Å². The molecule has 1 aliphatic heterocycles. The molecule has 2 rings (SSSR count). The van der Waals surface area contributed by atoms with Crippen LogP contribution < -0.4 is 5.73 Å². The molecule has 0 saturated carbocycles. The third-order valence-electron chi connectivity index (χ3n) is 3.12. The van der Waals surface area contributed by atoms with Gasteiger partial charge in [-0.1, -0.05) is 0 Å². The molecule has 0 amide bonds. The van der Waals surface area contributed by atoms with Crippen LogP contribution in [0.4, 0.5) is 5.69 Å². The van der Waals surface area contributed by atoms with Crippen molar-refractivity contribution in [3.05, 3.63) is 18.3 Å². The Balaban J connectivity index is 2.29. The summed E-state index contributed by atoms with van der Waals surface area (Å²) in [5.41, 5.74) is 5.82. The molecule has 1 fully saturated rings. The average Bonchev–Trinajstić information content (AvgIpc) is 2.39. The number of aromatic nitrogens is 1. The van der Waals surface area contributed by atoms with Crippen molar-refractivity contribution in [2.24, 2.45) is 5.92 Å². The fraction of sp³-hybridized carbons (Fsp3) is 0.545. The topological polar surface area (TPSA) is 96.5 Å². The second-order valence-corrected chi connectivity index (χ2v) is 6.30. The highest BCUT2D eigenvalue weighted by Crippen LogP contribution is 2.24. The maximum absolute atomic E-state index is 12.4. The fourth-order valence-corrected chi connectivity index (χ4v) is 3.72. The SMILES string of the molecule is Nc1cccnc1S(=O)(=O)N1CCCC(CO)C1. The van der Waals surface area contributed by atoms with Crippen molar-refractivity contribution in [2.75, 3.05) is 25.4 Å². The Hall–Kier alpha value is -1.18. The zero-order valence-electron chi connectivity index (χ0n) is 9.99. The predicted octanol–water partition coefficient (Wildman–Crippen LogP) is 0.0568. The minimum Gasteiger partial charge on any atom is -0.396 e. The molecular formula is C11H17N3O3S. The van der Waals surface area contributed by atoms with E-state index in [1.165, 1.54) is 16.6 Å². The van der Waals surface area contributed by atoms with Gasteiger partial charge in [-0.25, -0.2) is 13.4 Å². The van der Waals surface area contributed by atoms with Crippen molar-refractivity contribution in [1.82, 2.24) is 9.29 Å². The number of aliphatic hydroxyl groups excluding tert-OH is 1. The van der Waals surface area contributed by atoms with Crippen LogP contribution in [0.2, 0.25) is 0 Å². The molecule has 0 bridgehead atoms. The minimum absolute atomic E-state index is 0.00142. The maximum atomic E-state index is 12.4. The van der Waals surface area contributed by atoms with Gasteiger partial charge in [0, 0.05) is 25.9 Å². The molecule has 1 atom stereocenters. The fourth-order valence-electron chi connectivity index (χ4n) is 2.14. The molecular weight excluding hydrogens is 254 g/mol. The van der Waals surface area contributed by atoms with E-state index in [9.17, 15) is 8.42 Å². The van der Waals surface area contributed by atoms with E-state index in [0.717, 1.165) is 12.8 Å². The monoisotopic (exact) mass is 271 g/mol. The van der Waals surface area contributed by atoms with Crippen LogP contribution in [0.5, 0.6) is 0 Å². The first-order chi connectivity index (χ1) is 8.55. The van der Waals surface area contributed by atoms with Crippen LogP contribution in [0.15, 0.2) is 23.4 Å². The van der Waals surface area contributed by atoms with E-state index >= 15 is 0 Å². The van der Waals surface area contributed by atoms with E-state index < -0.39 is 10.0 Å². The first-order valence-electron chi connectivity index (χ1n) is 5.87. The van der Waals surface area contributed by atoms with Crippen LogP contribution in [0.1, 0.15) is 12.8 Å². The van der Waals surface area contributed by atoms with Crippen LogP contribution >= 0.6 is 0 Å². The number of sulfonamides is 1. The predicted molar refractivity (Wildman–Crippen MR) is 67.2 cm³/mol. The lowest BCUT2D eigenvalue weighted by molar-refractivity contribution is 0.165. The Kier molecular flexibility index (Phi) is 3.84. The molecule has 1 saturated heterocycles. The molecule has 2 heterocycles. The van der Waals surface area contributed by atoms with Gasteiger partial charge in [0.25, 0.3) is 10.0 Å². The van der Waals surface area contributed by atoms with Crippen LogP contribution in [-0.4, -0.2) is 42.5 Å². The van der Waals surface area contributed by atoms with Crippen molar-refractivity contribution >= 4 is 15.7 Å². The highest BCUT2D eigenvalue weighted by molar-refractivity contribution is 7.89. The molecule has 7 heteroatoms. The van der Waals surface area contributed by atoms with E-state index in [0.29, 0.717) is 13.1 Å². The first-order valence-corrected chi connectivity index (χ1v) is 7.31. The summed E-state index contributed by atoms with van der Waals surface area (Å²) in [5, 5.41) is 9.04. The summed E-state index contributed by atoms with van der Waals surface area (Å²) in [6, 6.07) is 3.12. The number of hydrogen-bond acceptors (Lipinski definition) is 5. The first kappa shape index (κ1) is 13.3. The van der Waals surface area contributed by atoms with Crippen LogP contribution in [0, 0.1) is 5.92 Å². The van der Waals surface area contributed by atoms with Gasteiger partial charge in [-0.05, 0) is 30.9 Å². The minimum atomic E-state index is -3.65. The Morgan fingerprint density at radius 2 is 2.33 bits per heavy atom. The summed E-state index contributed by atoms with van der Waals surface area (Å²) in [6.07, 6.45) is 3.01. The lowest BCUT2D eigenvalue weighted by Crippen LogP contribution is -2.41. The number of pyridine rings is 1. The lowest BCUT2D eigenvalue weighted by Gasteiger charge is -2.30. The van der Waals surface area contributed by atoms with Gasteiger partial charge in [0.1, 0.15) is 0 Å². The van der Waals surface area contributed by atoms with E-state index in [2.05, 4.69) is 4.98 Å². The number of nitrogen functional groups attached to an aromatic ring is 1. The number of piperidine rings is 1. The van der Waals surface area contributed by atoms with E-state index in [4.69, 9.17) is 10.8 Å². The smallest absolute Gasteiger partial charge is 0.262 e. The Morgan fingerprint density at radius 1 is 1.56 bits per heavy atom. The third kappa shape index (κ3) is 2.47. The van der Waals surface area contributed by atoms with Gasteiger partial charge in [-0.15, -0.1) is 0 Å². The summed E-state index contributed by atoms with van der Waals surface area (Å²) >= 11 is 0. The number of hydrogen-bond donors (Lipinski definition) is 2. The highest BCUT2D eigenvalue weighted by atomic mass is 32.2. The molecule has 1 aromatic rings. The quantitative estimate of drug-likeness (QED) is 0.810. The maximum Gasteiger partial charge on any atom is 0.262 e. The molecule has 0 radical (unpaired) electrons. The van der Waals surface area contributed by atoms with Crippen LogP contribution in [-0.2, 0) is 10.0 Å². The molecule has 0 aliphatic carbocycles. The molecule has 100 valence electrons. The molecule has 6 nitrogen and oxygen atoms in total. The van der Waals surface area contributed by atoms with Crippen molar-refractivity contribution in [3.63, 3.8) is 0 Å². The van der Waals surface area contributed by atoms with Crippen LogP contribution in [0.25, 0.3) is 0 Å². The second-order valence-electron chi connectivity index (χ2n) is 4.45. The van der Waals surface area contributed by atoms with Gasteiger partial charge < -0.3 is 10.8 Å². The number of aliphatic hydroxyl groups is 1. The third-order valence-corrected chi connectivity index (χ3v) is 4.97. The molecule has 3 N–H and O–H groups in total. The lowest BCUT2D eigenvalue weighted by atomic mass is 10.0. The molecule has 1 aliphatic rings. The van der Waals surface area contributed by atoms with Gasteiger partial charge in [0.2, 0.25) is 0 Å². The number of nitrogens with two attached hydrogens (primary N) is 1. The van der Waals surface area contributed by atoms with Gasteiger partial charge in [0.05, 0.1) is 5.69 Å². The summed E-state index contributed by atoms with van der Waals surface area (Å²) < 4.78 is 26.1. The van der Waals surface area contributed by atoms with Crippen LogP contribution in [0.3, 0.4) is 0 Å². The molecule has 0 spiro atoms. The summed E-state index contributed by atoms with van der Waals surface area (Å²) in [5.74, 6) is -0.00142. The Labute approximate surface area is 106 Å². The standard InChI is InChI=1S/C11H17N3O3S/c12-10-4-1-5-13-11(10)18(16,17)14-6-2-3-9(7-14)8-15/h1,4-5,9,15H,2-3,6-8,12H2. The van der Waals surface area contributed by atoms with Crippen molar-refractivity contribution in [1.29, 1.82) is 0 Å². The zero-order valence-corrected chi connectivity index (χ0v) is 10.8. The molecule has 0 aromatic carbocycles. The Morgan fingerprint density at radius 3 is 3.00 bits per heavy atom. The van der Waals surface area contributed by atoms with Gasteiger partial charge >= 0.3 is 0 Å². The van der Waals surface area contributed by atoms with E-state index in [-0.39, 0.29) is 23.2 Å². The largest absolute Gasteiger partial charge is 0.396 e. The summed E-state index contributed by atoms with van der Waals surface area (Å²) in [4.78, 5) is 3.86. The molecule has 1 aromatic heterocycles. The second kappa shape index (κ2) is 5.21. The average molecular weight is 271 g/mol.